The third-order valence-corrected chi connectivity index (χ3v) is 4.26. The van der Waals surface area contributed by atoms with Crippen molar-refractivity contribution >= 4 is 5.96 Å². The number of hydrogen-bond acceptors (Lipinski definition) is 3. The molecule has 0 radical (unpaired) electrons. The smallest absolute Gasteiger partial charge is 0.191 e. The van der Waals surface area contributed by atoms with Crippen molar-refractivity contribution < 1.29 is 4.39 Å². The van der Waals surface area contributed by atoms with Gasteiger partial charge in [0.15, 0.2) is 5.96 Å². The van der Waals surface area contributed by atoms with Crippen molar-refractivity contribution in [1.29, 1.82) is 0 Å². The predicted octanol–water partition coefficient (Wildman–Crippen LogP) is 2.51. The lowest BCUT2D eigenvalue weighted by Gasteiger charge is -2.24. The Balaban J connectivity index is 1.95. The summed E-state index contributed by atoms with van der Waals surface area (Å²) in [4.78, 5) is 4.71. The van der Waals surface area contributed by atoms with Gasteiger partial charge in [0.1, 0.15) is 18.0 Å². The van der Waals surface area contributed by atoms with E-state index in [1.54, 1.807) is 6.33 Å². The summed E-state index contributed by atoms with van der Waals surface area (Å²) in [6, 6.07) is 6.64. The number of nitrogens with one attached hydrogen (secondary N) is 2. The van der Waals surface area contributed by atoms with Gasteiger partial charge in [0, 0.05) is 31.5 Å². The maximum atomic E-state index is 13.1. The predicted molar refractivity (Wildman–Crippen MR) is 103 cm³/mol. The zero-order valence-corrected chi connectivity index (χ0v) is 16.1. The minimum atomic E-state index is -0.219. The molecule has 7 heteroatoms. The van der Waals surface area contributed by atoms with Crippen LogP contribution in [0, 0.1) is 5.82 Å². The molecular formula is C19H29FN6. The van der Waals surface area contributed by atoms with Gasteiger partial charge in [0.05, 0.1) is 6.54 Å². The molecule has 2 N–H and O–H groups in total. The van der Waals surface area contributed by atoms with E-state index in [0.29, 0.717) is 6.54 Å². The van der Waals surface area contributed by atoms with Gasteiger partial charge in [-0.15, -0.1) is 10.2 Å². The molecule has 142 valence electrons. The number of guanidine groups is 1. The van der Waals surface area contributed by atoms with Crippen LogP contribution in [0.1, 0.15) is 39.1 Å². The maximum absolute atomic E-state index is 13.1. The first-order valence-corrected chi connectivity index (χ1v) is 9.11. The van der Waals surface area contributed by atoms with E-state index in [9.17, 15) is 4.39 Å². The first kappa shape index (κ1) is 19.9. The standard InChI is InChI=1S/C19H29FN6/c1-5-17-25-24-14-26(17)12-11-22-18(21-6-2)23-13-19(3,4)15-7-9-16(20)10-8-15/h7-10,14H,5-6,11-13H2,1-4H3,(H2,21,22,23). The molecule has 26 heavy (non-hydrogen) atoms. The molecule has 2 aromatic rings. The highest BCUT2D eigenvalue weighted by atomic mass is 19.1. The van der Waals surface area contributed by atoms with Gasteiger partial charge in [0.25, 0.3) is 0 Å². The first-order valence-electron chi connectivity index (χ1n) is 9.11. The van der Waals surface area contributed by atoms with Crippen LogP contribution in [0.15, 0.2) is 35.6 Å². The molecule has 0 unspecified atom stereocenters. The summed E-state index contributed by atoms with van der Waals surface area (Å²) in [5.74, 6) is 1.53. The number of rotatable bonds is 8. The van der Waals surface area contributed by atoms with E-state index >= 15 is 0 Å². The van der Waals surface area contributed by atoms with Crippen LogP contribution in [-0.4, -0.2) is 40.4 Å². The lowest BCUT2D eigenvalue weighted by atomic mass is 9.85. The number of aryl methyl sites for hydroxylation is 1. The van der Waals surface area contributed by atoms with E-state index in [2.05, 4.69) is 41.6 Å². The average molecular weight is 360 g/mol. The summed E-state index contributed by atoms with van der Waals surface area (Å²) in [5.41, 5.74) is 0.884. The Morgan fingerprint density at radius 1 is 1.19 bits per heavy atom. The molecule has 0 fully saturated rings. The lowest BCUT2D eigenvalue weighted by molar-refractivity contribution is 0.533. The second-order valence-corrected chi connectivity index (χ2v) is 6.81. The fourth-order valence-corrected chi connectivity index (χ4v) is 2.65. The van der Waals surface area contributed by atoms with Gasteiger partial charge in [-0.05, 0) is 24.6 Å². The van der Waals surface area contributed by atoms with Gasteiger partial charge >= 0.3 is 0 Å². The van der Waals surface area contributed by atoms with Crippen LogP contribution < -0.4 is 10.6 Å². The monoisotopic (exact) mass is 360 g/mol. The fourth-order valence-electron chi connectivity index (χ4n) is 2.65. The minimum absolute atomic E-state index is 0.181. The normalized spacial score (nSPS) is 12.3. The maximum Gasteiger partial charge on any atom is 0.191 e. The van der Waals surface area contributed by atoms with Crippen molar-refractivity contribution in [3.63, 3.8) is 0 Å². The van der Waals surface area contributed by atoms with Gasteiger partial charge in [0.2, 0.25) is 0 Å². The number of halogens is 1. The summed E-state index contributed by atoms with van der Waals surface area (Å²) < 4.78 is 15.2. The van der Waals surface area contributed by atoms with Crippen LogP contribution in [0.25, 0.3) is 0 Å². The van der Waals surface area contributed by atoms with Crippen LogP contribution in [-0.2, 0) is 18.4 Å². The second-order valence-electron chi connectivity index (χ2n) is 6.81. The van der Waals surface area contributed by atoms with Crippen molar-refractivity contribution in [2.75, 3.05) is 19.6 Å². The SMILES string of the molecule is CCNC(=NCC(C)(C)c1ccc(F)cc1)NCCn1cnnc1CC. The lowest BCUT2D eigenvalue weighted by Crippen LogP contribution is -2.40. The molecular weight excluding hydrogens is 331 g/mol. The molecule has 1 heterocycles. The van der Waals surface area contributed by atoms with Crippen molar-refractivity contribution in [3.05, 3.63) is 47.8 Å². The highest BCUT2D eigenvalue weighted by Crippen LogP contribution is 2.23. The van der Waals surface area contributed by atoms with E-state index in [1.165, 1.54) is 12.1 Å². The zero-order chi connectivity index (χ0) is 19.0. The molecule has 6 nitrogen and oxygen atoms in total. The molecule has 0 spiro atoms. The van der Waals surface area contributed by atoms with Gasteiger partial charge < -0.3 is 15.2 Å². The second kappa shape index (κ2) is 9.31. The number of aliphatic imine (C=N–C) groups is 1. The van der Waals surface area contributed by atoms with Crippen LogP contribution >= 0.6 is 0 Å². The van der Waals surface area contributed by atoms with Crippen molar-refractivity contribution in [2.45, 2.75) is 46.1 Å². The third kappa shape index (κ3) is 5.54. The Hall–Kier alpha value is -2.44. The molecule has 0 aliphatic rings. The highest BCUT2D eigenvalue weighted by Gasteiger charge is 2.20. The summed E-state index contributed by atoms with van der Waals surface area (Å²) in [6.07, 6.45) is 2.61. The summed E-state index contributed by atoms with van der Waals surface area (Å²) in [7, 11) is 0. The fraction of sp³-hybridized carbons (Fsp3) is 0.526. The molecule has 2 rings (SSSR count). The molecule has 1 aromatic carbocycles. The van der Waals surface area contributed by atoms with Gasteiger partial charge in [-0.1, -0.05) is 32.9 Å². The first-order chi connectivity index (χ1) is 12.5. The van der Waals surface area contributed by atoms with Crippen LogP contribution in [0.4, 0.5) is 4.39 Å². The molecule has 0 aliphatic carbocycles. The minimum Gasteiger partial charge on any atom is -0.357 e. The largest absolute Gasteiger partial charge is 0.357 e. The molecule has 0 bridgehead atoms. The Morgan fingerprint density at radius 3 is 2.58 bits per heavy atom. The van der Waals surface area contributed by atoms with Crippen molar-refractivity contribution in [2.24, 2.45) is 4.99 Å². The van der Waals surface area contributed by atoms with Crippen LogP contribution in [0.5, 0.6) is 0 Å². The van der Waals surface area contributed by atoms with E-state index in [0.717, 1.165) is 43.4 Å². The molecule has 0 amide bonds. The molecule has 0 atom stereocenters. The molecule has 0 saturated heterocycles. The quantitative estimate of drug-likeness (QED) is 0.561. The Kier molecular flexibility index (Phi) is 7.12. The zero-order valence-electron chi connectivity index (χ0n) is 16.1. The van der Waals surface area contributed by atoms with Gasteiger partial charge in [-0.25, -0.2) is 4.39 Å². The number of benzene rings is 1. The topological polar surface area (TPSA) is 67.1 Å². The average Bonchev–Trinajstić information content (AvgIpc) is 3.07. The Bertz CT molecular complexity index is 705. The van der Waals surface area contributed by atoms with E-state index in [1.807, 2.05) is 23.6 Å². The Labute approximate surface area is 154 Å². The van der Waals surface area contributed by atoms with Crippen LogP contribution in [0.3, 0.4) is 0 Å². The Morgan fingerprint density at radius 2 is 1.92 bits per heavy atom. The van der Waals surface area contributed by atoms with E-state index < -0.39 is 0 Å². The van der Waals surface area contributed by atoms with Crippen molar-refractivity contribution in [1.82, 2.24) is 25.4 Å². The van der Waals surface area contributed by atoms with Gasteiger partial charge in [-0.3, -0.25) is 4.99 Å². The van der Waals surface area contributed by atoms with Gasteiger partial charge in [-0.2, -0.15) is 0 Å². The summed E-state index contributed by atoms with van der Waals surface area (Å²) in [6.45, 7) is 11.2. The number of nitrogens with zero attached hydrogens (tertiary/aromatic N) is 4. The molecule has 0 saturated carbocycles. The van der Waals surface area contributed by atoms with Crippen LogP contribution in [0.2, 0.25) is 0 Å². The third-order valence-electron chi connectivity index (χ3n) is 4.26. The van der Waals surface area contributed by atoms with E-state index in [-0.39, 0.29) is 11.2 Å². The summed E-state index contributed by atoms with van der Waals surface area (Å²) in [5, 5.41) is 14.6. The molecule has 0 aliphatic heterocycles. The van der Waals surface area contributed by atoms with E-state index in [4.69, 9.17) is 4.99 Å². The van der Waals surface area contributed by atoms with Crippen molar-refractivity contribution in [3.8, 4) is 0 Å². The number of aromatic nitrogens is 3. The highest BCUT2D eigenvalue weighted by molar-refractivity contribution is 5.79. The summed E-state index contributed by atoms with van der Waals surface area (Å²) >= 11 is 0. The number of hydrogen-bond donors (Lipinski definition) is 2. The molecule has 1 aromatic heterocycles.